The third-order valence-electron chi connectivity index (χ3n) is 7.24. The van der Waals surface area contributed by atoms with Gasteiger partial charge in [-0.3, -0.25) is 9.69 Å². The normalized spacial score (nSPS) is 18.4. The van der Waals surface area contributed by atoms with E-state index in [0.29, 0.717) is 24.8 Å². The smallest absolute Gasteiger partial charge is 0.256 e. The fourth-order valence-electron chi connectivity index (χ4n) is 5.02. The molecule has 2 aromatic heterocycles. The summed E-state index contributed by atoms with van der Waals surface area (Å²) in [5.41, 5.74) is 2.68. The number of nitrogens with zero attached hydrogens (tertiary/aromatic N) is 2. The van der Waals surface area contributed by atoms with Crippen LogP contribution in [0.5, 0.6) is 0 Å². The summed E-state index contributed by atoms with van der Waals surface area (Å²) in [5.74, 6) is -0.281. The SMILES string of the molecule is CC(C)N1CCc2c(sc(NC(=O)c3ccc(S(=O)(=O)C4CNCCO4)cc3)c2-c2nc3ccccc3s2)C1. The van der Waals surface area contributed by atoms with E-state index >= 15 is 0 Å². The number of para-hydroxylation sites is 1. The number of ether oxygens (including phenoxy) is 1. The van der Waals surface area contributed by atoms with E-state index in [9.17, 15) is 13.2 Å². The molecule has 0 saturated carbocycles. The number of sulfone groups is 1. The van der Waals surface area contributed by atoms with Crippen molar-refractivity contribution in [2.75, 3.05) is 31.6 Å². The maximum atomic E-state index is 13.4. The van der Waals surface area contributed by atoms with Crippen LogP contribution >= 0.6 is 22.7 Å². The lowest BCUT2D eigenvalue weighted by molar-refractivity contribution is 0.0785. The fourth-order valence-corrected chi connectivity index (χ4v) is 8.83. The fraction of sp³-hybridized carbons (Fsp3) is 0.357. The minimum absolute atomic E-state index is 0.142. The number of aromatic nitrogens is 1. The summed E-state index contributed by atoms with van der Waals surface area (Å²) in [7, 11) is -3.66. The number of anilines is 1. The van der Waals surface area contributed by atoms with Gasteiger partial charge in [0.1, 0.15) is 10.0 Å². The van der Waals surface area contributed by atoms with Crippen molar-refractivity contribution in [3.63, 3.8) is 0 Å². The van der Waals surface area contributed by atoms with Crippen molar-refractivity contribution < 1.29 is 17.9 Å². The molecule has 6 rings (SSSR count). The molecular weight excluding hydrogens is 553 g/mol. The van der Waals surface area contributed by atoms with Gasteiger partial charge in [0, 0.05) is 48.2 Å². The molecule has 0 spiro atoms. The van der Waals surface area contributed by atoms with E-state index in [-0.39, 0.29) is 17.3 Å². The molecule has 2 aliphatic rings. The molecule has 8 nitrogen and oxygen atoms in total. The zero-order valence-corrected chi connectivity index (χ0v) is 24.2. The number of morpholine rings is 1. The Labute approximate surface area is 235 Å². The number of benzene rings is 2. The first-order chi connectivity index (χ1) is 18.8. The second-order valence-corrected chi connectivity index (χ2v) is 14.3. The molecule has 2 aliphatic heterocycles. The first-order valence-electron chi connectivity index (χ1n) is 13.0. The van der Waals surface area contributed by atoms with Crippen molar-refractivity contribution >= 4 is 53.6 Å². The quantitative estimate of drug-likeness (QED) is 0.338. The van der Waals surface area contributed by atoms with Gasteiger partial charge < -0.3 is 15.4 Å². The molecule has 0 bridgehead atoms. The number of thiophene rings is 1. The Kier molecular flexibility index (Phi) is 7.30. The first-order valence-corrected chi connectivity index (χ1v) is 16.2. The summed E-state index contributed by atoms with van der Waals surface area (Å²) in [6, 6.07) is 14.6. The van der Waals surface area contributed by atoms with Crippen molar-refractivity contribution in [1.29, 1.82) is 0 Å². The van der Waals surface area contributed by atoms with Crippen LogP contribution in [0.3, 0.4) is 0 Å². The zero-order chi connectivity index (χ0) is 27.1. The zero-order valence-electron chi connectivity index (χ0n) is 21.8. The summed E-state index contributed by atoms with van der Waals surface area (Å²) >= 11 is 3.25. The molecule has 1 unspecified atom stereocenters. The van der Waals surface area contributed by atoms with E-state index in [1.54, 1.807) is 34.8 Å². The number of carbonyl (C=O) groups is 1. The van der Waals surface area contributed by atoms with E-state index in [4.69, 9.17) is 9.72 Å². The van der Waals surface area contributed by atoms with E-state index in [1.807, 2.05) is 18.2 Å². The summed E-state index contributed by atoms with van der Waals surface area (Å²) in [6.07, 6.45) is 0.899. The van der Waals surface area contributed by atoms with Crippen molar-refractivity contribution in [1.82, 2.24) is 15.2 Å². The highest BCUT2D eigenvalue weighted by Crippen LogP contribution is 2.46. The highest BCUT2D eigenvalue weighted by molar-refractivity contribution is 7.92. The van der Waals surface area contributed by atoms with Crippen LogP contribution < -0.4 is 10.6 Å². The number of thiazole rings is 1. The Morgan fingerprint density at radius 1 is 1.15 bits per heavy atom. The number of carbonyl (C=O) groups excluding carboxylic acids is 1. The minimum atomic E-state index is -3.66. The highest BCUT2D eigenvalue weighted by Gasteiger charge is 2.31. The molecular formula is C28H30N4O4S3. The number of hydrogen-bond donors (Lipinski definition) is 2. The molecule has 2 aromatic carbocycles. The maximum Gasteiger partial charge on any atom is 0.256 e. The van der Waals surface area contributed by atoms with Crippen LogP contribution in [0, 0.1) is 0 Å². The predicted molar refractivity (Wildman–Crippen MR) is 156 cm³/mol. The predicted octanol–water partition coefficient (Wildman–Crippen LogP) is 4.76. The number of nitrogens with one attached hydrogen (secondary N) is 2. The van der Waals surface area contributed by atoms with Gasteiger partial charge in [-0.25, -0.2) is 13.4 Å². The molecule has 0 aliphatic carbocycles. The molecule has 1 fully saturated rings. The molecule has 1 amide bonds. The summed E-state index contributed by atoms with van der Waals surface area (Å²) in [4.78, 5) is 22.2. The van der Waals surface area contributed by atoms with Crippen molar-refractivity contribution in [3.8, 4) is 10.6 Å². The summed E-state index contributed by atoms with van der Waals surface area (Å²) in [5, 5.41) is 7.88. The molecule has 4 aromatic rings. The molecule has 1 atom stereocenters. The number of amides is 1. The van der Waals surface area contributed by atoms with E-state index in [2.05, 4.69) is 35.4 Å². The van der Waals surface area contributed by atoms with Gasteiger partial charge in [0.15, 0.2) is 5.44 Å². The van der Waals surface area contributed by atoms with Gasteiger partial charge in [0.2, 0.25) is 9.84 Å². The lowest BCUT2D eigenvalue weighted by atomic mass is 10.0. The molecule has 0 radical (unpaired) electrons. The van der Waals surface area contributed by atoms with Crippen LogP contribution in [0.25, 0.3) is 20.8 Å². The Morgan fingerprint density at radius 2 is 1.95 bits per heavy atom. The van der Waals surface area contributed by atoms with E-state index in [1.165, 1.54) is 22.6 Å². The molecule has 11 heteroatoms. The first kappa shape index (κ1) is 26.5. The van der Waals surface area contributed by atoms with Crippen molar-refractivity contribution in [2.45, 2.75) is 43.2 Å². The third kappa shape index (κ3) is 5.15. The topological polar surface area (TPSA) is 101 Å². The maximum absolute atomic E-state index is 13.4. The lowest BCUT2D eigenvalue weighted by Crippen LogP contribution is -2.43. The van der Waals surface area contributed by atoms with Gasteiger partial charge in [-0.05, 0) is 62.2 Å². The highest BCUT2D eigenvalue weighted by atomic mass is 32.2. The third-order valence-corrected chi connectivity index (χ3v) is 11.3. The molecule has 2 N–H and O–H groups in total. The number of rotatable bonds is 6. The second kappa shape index (κ2) is 10.7. The Morgan fingerprint density at radius 3 is 2.67 bits per heavy atom. The van der Waals surface area contributed by atoms with Crippen LogP contribution in [0.1, 0.15) is 34.6 Å². The number of fused-ring (bicyclic) bond motifs is 2. The van der Waals surface area contributed by atoms with Crippen LogP contribution in [-0.2, 0) is 27.5 Å². The minimum Gasteiger partial charge on any atom is -0.359 e. The average molecular weight is 583 g/mol. The van der Waals surface area contributed by atoms with Crippen LogP contribution in [0.15, 0.2) is 53.4 Å². The van der Waals surface area contributed by atoms with Gasteiger partial charge in [0.05, 0.1) is 21.7 Å². The summed E-state index contributed by atoms with van der Waals surface area (Å²) < 4.78 is 32.5. The van der Waals surface area contributed by atoms with Crippen LogP contribution in [0.4, 0.5) is 5.00 Å². The van der Waals surface area contributed by atoms with Gasteiger partial charge in [-0.15, -0.1) is 22.7 Å². The Hall–Kier alpha value is -2.67. The van der Waals surface area contributed by atoms with Crippen molar-refractivity contribution in [3.05, 3.63) is 64.5 Å². The van der Waals surface area contributed by atoms with Gasteiger partial charge in [-0.1, -0.05) is 12.1 Å². The molecule has 1 saturated heterocycles. The van der Waals surface area contributed by atoms with E-state index in [0.717, 1.165) is 45.3 Å². The van der Waals surface area contributed by atoms with Crippen LogP contribution in [0.2, 0.25) is 0 Å². The van der Waals surface area contributed by atoms with E-state index < -0.39 is 15.3 Å². The average Bonchev–Trinajstić information content (AvgIpc) is 3.53. The monoisotopic (exact) mass is 582 g/mol. The van der Waals surface area contributed by atoms with Gasteiger partial charge in [-0.2, -0.15) is 0 Å². The van der Waals surface area contributed by atoms with Gasteiger partial charge in [0.25, 0.3) is 5.91 Å². The lowest BCUT2D eigenvalue weighted by Gasteiger charge is -2.30. The molecule has 204 valence electrons. The Balaban J connectivity index is 1.31. The Bertz CT molecular complexity index is 1590. The summed E-state index contributed by atoms with van der Waals surface area (Å²) in [6.45, 7) is 7.44. The van der Waals surface area contributed by atoms with Gasteiger partial charge >= 0.3 is 0 Å². The number of hydrogen-bond acceptors (Lipinski definition) is 9. The standard InChI is InChI=1S/C28H30N4O4S3/c1-17(2)32-13-11-20-23(16-32)38-28(25(20)27-30-21-5-3-4-6-22(21)37-27)31-26(33)18-7-9-19(10-8-18)39(34,35)24-15-29-12-14-36-24/h3-10,17,24,29H,11-16H2,1-2H3,(H,31,33). The molecule has 39 heavy (non-hydrogen) atoms. The second-order valence-electron chi connectivity index (χ2n) is 10.0. The van der Waals surface area contributed by atoms with Crippen LogP contribution in [-0.4, -0.2) is 61.9 Å². The largest absolute Gasteiger partial charge is 0.359 e. The molecule has 4 heterocycles. The van der Waals surface area contributed by atoms with Crippen molar-refractivity contribution in [2.24, 2.45) is 0 Å².